The summed E-state index contributed by atoms with van der Waals surface area (Å²) in [5.74, 6) is 0.857. The quantitative estimate of drug-likeness (QED) is 0.695. The van der Waals surface area contributed by atoms with Crippen LogP contribution in [0.4, 0.5) is 5.69 Å². The van der Waals surface area contributed by atoms with E-state index in [1.54, 1.807) is 18.6 Å². The van der Waals surface area contributed by atoms with Gasteiger partial charge in [0.2, 0.25) is 0 Å². The number of hydrogen-bond donors (Lipinski definition) is 1. The van der Waals surface area contributed by atoms with Gasteiger partial charge in [0.15, 0.2) is 0 Å². The van der Waals surface area contributed by atoms with Gasteiger partial charge in [-0.15, -0.1) is 0 Å². The highest BCUT2D eigenvalue weighted by Gasteiger charge is 2.07. The van der Waals surface area contributed by atoms with Gasteiger partial charge in [0.05, 0.1) is 11.9 Å². The number of pyridine rings is 1. The van der Waals surface area contributed by atoms with Gasteiger partial charge in [-0.3, -0.25) is 9.55 Å². The molecule has 0 bridgehead atoms. The van der Waals surface area contributed by atoms with Crippen LogP contribution in [-0.4, -0.2) is 14.5 Å². The van der Waals surface area contributed by atoms with Crippen molar-refractivity contribution in [3.8, 4) is 17.1 Å². The van der Waals surface area contributed by atoms with E-state index in [1.807, 2.05) is 47.2 Å². The Morgan fingerprint density at radius 1 is 1.06 bits per heavy atom. The molecule has 18 heavy (non-hydrogen) atoms. The zero-order valence-corrected chi connectivity index (χ0v) is 9.69. The molecule has 0 spiro atoms. The lowest BCUT2D eigenvalue weighted by Gasteiger charge is -2.07. The molecule has 4 heteroatoms. The van der Waals surface area contributed by atoms with Gasteiger partial charge in [0.25, 0.3) is 0 Å². The van der Waals surface area contributed by atoms with Crippen LogP contribution in [0, 0.1) is 0 Å². The summed E-state index contributed by atoms with van der Waals surface area (Å²) in [4.78, 5) is 8.50. The average Bonchev–Trinajstić information content (AvgIpc) is 2.89. The molecule has 0 amide bonds. The highest BCUT2D eigenvalue weighted by Crippen LogP contribution is 2.22. The lowest BCUT2D eigenvalue weighted by molar-refractivity contribution is 1.05. The molecule has 2 aromatic heterocycles. The minimum atomic E-state index is 0.730. The topological polar surface area (TPSA) is 56.7 Å². The van der Waals surface area contributed by atoms with E-state index in [0.29, 0.717) is 0 Å². The number of rotatable bonds is 2. The second kappa shape index (κ2) is 4.33. The van der Waals surface area contributed by atoms with Crippen molar-refractivity contribution >= 4 is 5.69 Å². The Labute approximate surface area is 105 Å². The number of anilines is 1. The van der Waals surface area contributed by atoms with Gasteiger partial charge in [-0.05, 0) is 24.3 Å². The summed E-state index contributed by atoms with van der Waals surface area (Å²) >= 11 is 0. The van der Waals surface area contributed by atoms with Gasteiger partial charge in [0, 0.05) is 29.8 Å². The van der Waals surface area contributed by atoms with E-state index in [1.165, 1.54) is 0 Å². The molecule has 4 nitrogen and oxygen atoms in total. The molecule has 0 aliphatic carbocycles. The van der Waals surface area contributed by atoms with Gasteiger partial charge in [0.1, 0.15) is 5.82 Å². The second-order valence-electron chi connectivity index (χ2n) is 3.96. The first-order chi connectivity index (χ1) is 8.84. The molecule has 3 aromatic rings. The first-order valence-corrected chi connectivity index (χ1v) is 5.64. The molecule has 3 rings (SSSR count). The second-order valence-corrected chi connectivity index (χ2v) is 3.96. The van der Waals surface area contributed by atoms with E-state index in [9.17, 15) is 0 Å². The number of benzene rings is 1. The van der Waals surface area contributed by atoms with Crippen LogP contribution in [0.25, 0.3) is 17.1 Å². The minimum absolute atomic E-state index is 0.730. The van der Waals surface area contributed by atoms with Crippen LogP contribution in [-0.2, 0) is 0 Å². The molecule has 0 saturated carbocycles. The van der Waals surface area contributed by atoms with Crippen LogP contribution in [0.2, 0.25) is 0 Å². The summed E-state index contributed by atoms with van der Waals surface area (Å²) < 4.78 is 1.99. The molecular weight excluding hydrogens is 224 g/mol. The van der Waals surface area contributed by atoms with Crippen molar-refractivity contribution < 1.29 is 0 Å². The Bertz CT molecular complexity index is 658. The van der Waals surface area contributed by atoms with Gasteiger partial charge < -0.3 is 5.73 Å². The Morgan fingerprint density at radius 2 is 2.00 bits per heavy atom. The van der Waals surface area contributed by atoms with Crippen LogP contribution >= 0.6 is 0 Å². The minimum Gasteiger partial charge on any atom is -0.399 e. The smallest absolute Gasteiger partial charge is 0.144 e. The monoisotopic (exact) mass is 236 g/mol. The van der Waals surface area contributed by atoms with E-state index in [0.717, 1.165) is 22.8 Å². The molecule has 0 aliphatic heterocycles. The van der Waals surface area contributed by atoms with Crippen molar-refractivity contribution in [2.45, 2.75) is 0 Å². The van der Waals surface area contributed by atoms with Crippen molar-refractivity contribution in [3.05, 3.63) is 61.2 Å². The fourth-order valence-corrected chi connectivity index (χ4v) is 1.90. The van der Waals surface area contributed by atoms with Crippen LogP contribution in [0.5, 0.6) is 0 Å². The van der Waals surface area contributed by atoms with Crippen LogP contribution in [0.1, 0.15) is 0 Å². The highest BCUT2D eigenvalue weighted by atomic mass is 15.1. The highest BCUT2D eigenvalue weighted by molar-refractivity contribution is 5.63. The Hall–Kier alpha value is -2.62. The van der Waals surface area contributed by atoms with Gasteiger partial charge >= 0.3 is 0 Å². The predicted molar refractivity (Wildman–Crippen MR) is 71.2 cm³/mol. The van der Waals surface area contributed by atoms with E-state index in [-0.39, 0.29) is 0 Å². The fraction of sp³-hybridized carbons (Fsp3) is 0. The summed E-state index contributed by atoms with van der Waals surface area (Å²) in [5, 5.41) is 0. The van der Waals surface area contributed by atoms with E-state index in [2.05, 4.69) is 9.97 Å². The molecule has 2 N–H and O–H groups in total. The van der Waals surface area contributed by atoms with Crippen LogP contribution in [0.3, 0.4) is 0 Å². The average molecular weight is 236 g/mol. The number of nitrogen functional groups attached to an aromatic ring is 1. The van der Waals surface area contributed by atoms with E-state index in [4.69, 9.17) is 5.73 Å². The summed E-state index contributed by atoms with van der Waals surface area (Å²) in [7, 11) is 0. The van der Waals surface area contributed by atoms with Gasteiger partial charge in [-0.25, -0.2) is 4.98 Å². The standard InChI is InChI=1S/C14H12N4/c15-12-4-1-3-11(9-12)14-17-7-8-18(14)13-5-2-6-16-10-13/h1-10H,15H2. The lowest BCUT2D eigenvalue weighted by Crippen LogP contribution is -1.97. The number of nitrogens with two attached hydrogens (primary N) is 1. The molecular formula is C14H12N4. The summed E-state index contributed by atoms with van der Waals surface area (Å²) in [6.07, 6.45) is 7.24. The summed E-state index contributed by atoms with van der Waals surface area (Å²) in [5.41, 5.74) is 8.50. The maximum atomic E-state index is 5.80. The molecule has 0 fully saturated rings. The van der Waals surface area contributed by atoms with Crippen molar-refractivity contribution in [3.63, 3.8) is 0 Å². The number of hydrogen-bond acceptors (Lipinski definition) is 3. The largest absolute Gasteiger partial charge is 0.399 e. The van der Waals surface area contributed by atoms with Crippen molar-refractivity contribution in [2.75, 3.05) is 5.73 Å². The normalized spacial score (nSPS) is 10.4. The zero-order valence-electron chi connectivity index (χ0n) is 9.69. The van der Waals surface area contributed by atoms with Crippen molar-refractivity contribution in [1.82, 2.24) is 14.5 Å². The maximum Gasteiger partial charge on any atom is 0.144 e. The van der Waals surface area contributed by atoms with Crippen LogP contribution in [0.15, 0.2) is 61.2 Å². The third kappa shape index (κ3) is 1.84. The molecule has 0 aliphatic rings. The Morgan fingerprint density at radius 3 is 2.78 bits per heavy atom. The fourth-order valence-electron chi connectivity index (χ4n) is 1.90. The Balaban J connectivity index is 2.13. The number of nitrogens with zero attached hydrogens (tertiary/aromatic N) is 3. The predicted octanol–water partition coefficient (Wildman–Crippen LogP) is 2.52. The third-order valence-electron chi connectivity index (χ3n) is 2.71. The van der Waals surface area contributed by atoms with E-state index >= 15 is 0 Å². The molecule has 2 heterocycles. The lowest BCUT2D eigenvalue weighted by atomic mass is 10.2. The number of imidazole rings is 1. The zero-order chi connectivity index (χ0) is 12.4. The maximum absolute atomic E-state index is 5.80. The molecule has 1 aromatic carbocycles. The van der Waals surface area contributed by atoms with Crippen molar-refractivity contribution in [1.29, 1.82) is 0 Å². The molecule has 0 unspecified atom stereocenters. The first kappa shape index (κ1) is 10.5. The van der Waals surface area contributed by atoms with Gasteiger partial charge in [-0.1, -0.05) is 12.1 Å². The van der Waals surface area contributed by atoms with Crippen LogP contribution < -0.4 is 5.73 Å². The van der Waals surface area contributed by atoms with E-state index < -0.39 is 0 Å². The molecule has 0 atom stereocenters. The molecule has 88 valence electrons. The third-order valence-corrected chi connectivity index (χ3v) is 2.71. The first-order valence-electron chi connectivity index (χ1n) is 5.64. The Kier molecular flexibility index (Phi) is 2.53. The molecule has 0 saturated heterocycles. The molecule has 0 radical (unpaired) electrons. The number of aromatic nitrogens is 3. The summed E-state index contributed by atoms with van der Waals surface area (Å²) in [6, 6.07) is 11.6. The van der Waals surface area contributed by atoms with Gasteiger partial charge in [-0.2, -0.15) is 0 Å². The SMILES string of the molecule is Nc1cccc(-c2nccn2-c2cccnc2)c1. The van der Waals surface area contributed by atoms with Crippen molar-refractivity contribution in [2.24, 2.45) is 0 Å². The summed E-state index contributed by atoms with van der Waals surface area (Å²) in [6.45, 7) is 0.